The molecule has 9 heavy (non-hydrogen) atoms. The zero-order valence-electron chi connectivity index (χ0n) is 4.53. The predicted octanol–water partition coefficient (Wildman–Crippen LogP) is -1.12. The van der Waals surface area contributed by atoms with E-state index < -0.39 is 0 Å². The number of hydrogen-bond acceptors (Lipinski definition) is 0. The maximum atomic E-state index is 0. The van der Waals surface area contributed by atoms with Crippen molar-refractivity contribution in [1.82, 2.24) is 0 Å². The second-order valence-corrected chi connectivity index (χ2v) is 0. The van der Waals surface area contributed by atoms with Gasteiger partial charge in [-0.2, -0.15) is 0 Å². The van der Waals surface area contributed by atoms with Crippen molar-refractivity contribution in [3.63, 3.8) is 0 Å². The third-order valence-corrected chi connectivity index (χ3v) is 0. The van der Waals surface area contributed by atoms with Crippen molar-refractivity contribution in [2.45, 2.75) is 0 Å². The zero-order chi connectivity index (χ0) is 0. The van der Waals surface area contributed by atoms with Crippen molar-refractivity contribution < 1.29 is 164 Å². The van der Waals surface area contributed by atoms with Crippen LogP contribution >= 0.6 is 0 Å². The minimum absolute atomic E-state index is 0. The second kappa shape index (κ2) is 66.8. The molecule has 0 aliphatic rings. The van der Waals surface area contributed by atoms with Gasteiger partial charge in [0.1, 0.15) is 0 Å². The molecule has 0 aromatic heterocycles. The summed E-state index contributed by atoms with van der Waals surface area (Å²) in [5.74, 6) is 0. The Morgan fingerprint density at radius 3 is 0.444 bits per heavy atom. The normalized spacial score (nSPS) is 0. The quantitative estimate of drug-likeness (QED) is 0.332. The molecule has 0 aliphatic carbocycles. The first-order valence-electron chi connectivity index (χ1n) is 0. The molecular weight excluding hydrogens is 568 g/mol. The van der Waals surface area contributed by atoms with E-state index >= 15 is 0 Å². The largest absolute Gasteiger partial charge is 3.00 e. The maximum absolute atomic E-state index is 0. The summed E-state index contributed by atoms with van der Waals surface area (Å²) in [4.78, 5) is 0. The monoisotopic (exact) mass is 564 g/mol. The Bertz CT molecular complexity index is 17.8. The fourth-order valence-corrected chi connectivity index (χ4v) is 0. The van der Waals surface area contributed by atoms with Crippen molar-refractivity contribution in [1.29, 1.82) is 0 Å². The fraction of sp³-hybridized carbons (Fsp3) is 0. The van der Waals surface area contributed by atoms with Crippen LogP contribution in [-0.2, 0) is 81.8 Å². The van der Waals surface area contributed by atoms with Gasteiger partial charge in [0.15, 0.2) is 0 Å². The van der Waals surface area contributed by atoms with Crippen molar-refractivity contribution >= 4 is 34.7 Å². The molecule has 0 heterocycles. The van der Waals surface area contributed by atoms with E-state index in [1.807, 2.05) is 0 Å². The Labute approximate surface area is 192 Å². The summed E-state index contributed by atoms with van der Waals surface area (Å²) < 4.78 is 0. The van der Waals surface area contributed by atoms with Gasteiger partial charge in [0, 0.05) is 147 Å². The van der Waals surface area contributed by atoms with Gasteiger partial charge in [-0.3, -0.25) is 0 Å². The molecule has 0 aromatic carbocycles. The SMILES string of the molecule is [Al+3].[Al+3].[Nd].[Nd].[O-2].[O-2].[O-2].[Y].[Y]. The first-order valence-corrected chi connectivity index (χ1v) is 0. The van der Waals surface area contributed by atoms with Gasteiger partial charge in [-0.15, -0.1) is 0 Å². The predicted molar refractivity (Wildman–Crippen MR) is 13.6 cm³/mol. The molecule has 0 aliphatic heterocycles. The zero-order valence-corrected chi connectivity index (χ0v) is 18.9. The molecule has 9 heteroatoms. The molecule has 0 saturated heterocycles. The van der Waals surface area contributed by atoms with Crippen LogP contribution in [0.5, 0.6) is 0 Å². The van der Waals surface area contributed by atoms with Crippen LogP contribution in [0, 0.1) is 81.7 Å². The molecule has 2 radical (unpaired) electrons. The van der Waals surface area contributed by atoms with E-state index in [0.29, 0.717) is 0 Å². The van der Waals surface area contributed by atoms with Crippen LogP contribution < -0.4 is 0 Å². The van der Waals surface area contributed by atoms with E-state index in [4.69, 9.17) is 0 Å². The number of rotatable bonds is 0. The first-order chi connectivity index (χ1) is 0. The van der Waals surface area contributed by atoms with Gasteiger partial charge in [0.05, 0.1) is 0 Å². The van der Waals surface area contributed by atoms with Crippen molar-refractivity contribution in [2.24, 2.45) is 0 Å². The van der Waals surface area contributed by atoms with Gasteiger partial charge in [-0.25, -0.2) is 0 Å². The summed E-state index contributed by atoms with van der Waals surface area (Å²) in [6.07, 6.45) is 0. The van der Waals surface area contributed by atoms with Crippen LogP contribution in [0.3, 0.4) is 0 Å². The van der Waals surface area contributed by atoms with E-state index in [0.717, 1.165) is 0 Å². The third-order valence-electron chi connectivity index (χ3n) is 0. The molecule has 0 atom stereocenters. The third kappa shape index (κ3) is 56.8. The summed E-state index contributed by atoms with van der Waals surface area (Å²) in [7, 11) is 0. The van der Waals surface area contributed by atoms with E-state index in [1.54, 1.807) is 0 Å². The Morgan fingerprint density at radius 1 is 0.444 bits per heavy atom. The summed E-state index contributed by atoms with van der Waals surface area (Å²) in [5.41, 5.74) is 0. The van der Waals surface area contributed by atoms with Crippen LogP contribution in [0.4, 0.5) is 0 Å². The average molecular weight is 568 g/mol. The van der Waals surface area contributed by atoms with E-state index in [2.05, 4.69) is 0 Å². The van der Waals surface area contributed by atoms with Crippen molar-refractivity contribution in [2.75, 3.05) is 0 Å². The Balaban J connectivity index is 0. The molecule has 0 amide bonds. The summed E-state index contributed by atoms with van der Waals surface area (Å²) in [5, 5.41) is 0. The molecule has 0 fully saturated rings. The molecule has 38 valence electrons. The fourth-order valence-electron chi connectivity index (χ4n) is 0. The molecule has 0 aromatic rings. The van der Waals surface area contributed by atoms with Gasteiger partial charge < -0.3 is 16.4 Å². The first kappa shape index (κ1) is 83.2. The summed E-state index contributed by atoms with van der Waals surface area (Å²) in [6, 6.07) is 0. The maximum Gasteiger partial charge on any atom is 3.00 e. The van der Waals surface area contributed by atoms with Crippen LogP contribution in [-0.4, -0.2) is 34.7 Å². The van der Waals surface area contributed by atoms with Crippen LogP contribution in [0.25, 0.3) is 0 Å². The molecule has 3 nitrogen and oxygen atoms in total. The van der Waals surface area contributed by atoms with Gasteiger partial charge in [0.25, 0.3) is 0 Å². The van der Waals surface area contributed by atoms with Gasteiger partial charge >= 0.3 is 34.7 Å². The summed E-state index contributed by atoms with van der Waals surface area (Å²) in [6.45, 7) is 0. The standard InChI is InChI=1S/2Al.2Nd.3O.2Y/q2*+3;;;3*-2;;. The average Bonchev–Trinajstić information content (AvgIpc) is 0. The van der Waals surface area contributed by atoms with Crippen LogP contribution in [0.2, 0.25) is 0 Å². The molecule has 0 rings (SSSR count). The van der Waals surface area contributed by atoms with Gasteiger partial charge in [0.2, 0.25) is 0 Å². The second-order valence-electron chi connectivity index (χ2n) is 0. The van der Waals surface area contributed by atoms with E-state index in [9.17, 15) is 0 Å². The smallest absolute Gasteiger partial charge is 2.00 e. The van der Waals surface area contributed by atoms with Crippen molar-refractivity contribution in [3.05, 3.63) is 0 Å². The molecule has 0 unspecified atom stereocenters. The van der Waals surface area contributed by atoms with Crippen LogP contribution in [0.1, 0.15) is 0 Å². The van der Waals surface area contributed by atoms with Crippen molar-refractivity contribution in [3.8, 4) is 0 Å². The minimum Gasteiger partial charge on any atom is -2.00 e. The Morgan fingerprint density at radius 2 is 0.444 bits per heavy atom. The molecule has 0 spiro atoms. The summed E-state index contributed by atoms with van der Waals surface area (Å²) >= 11 is 0. The molecule has 0 bridgehead atoms. The molecule has 0 saturated carbocycles. The van der Waals surface area contributed by atoms with Crippen LogP contribution in [0.15, 0.2) is 0 Å². The Kier molecular flexibility index (Phi) is 617. The van der Waals surface area contributed by atoms with Gasteiger partial charge in [-0.05, 0) is 0 Å². The minimum atomic E-state index is 0. The number of hydrogen-bond donors (Lipinski definition) is 0. The Hall–Kier alpha value is 5.85. The topological polar surface area (TPSA) is 85.5 Å². The van der Waals surface area contributed by atoms with E-state index in [1.165, 1.54) is 0 Å². The van der Waals surface area contributed by atoms with E-state index in [-0.39, 0.29) is 198 Å². The molecule has 0 N–H and O–H groups in total. The molecular formula is Al2Nd2O3Y2. The van der Waals surface area contributed by atoms with Gasteiger partial charge in [-0.1, -0.05) is 0 Å².